The smallest absolute Gasteiger partial charge is 0.251 e. The van der Waals surface area contributed by atoms with Crippen LogP contribution < -0.4 is 15.4 Å². The number of ether oxygens (including phenoxy) is 1. The third-order valence-corrected chi connectivity index (χ3v) is 7.28. The molecule has 192 valence electrons. The minimum absolute atomic E-state index is 0.149. The van der Waals surface area contributed by atoms with E-state index < -0.39 is 0 Å². The van der Waals surface area contributed by atoms with E-state index in [2.05, 4.69) is 20.8 Å². The number of halogens is 1. The van der Waals surface area contributed by atoms with Gasteiger partial charge < -0.3 is 19.9 Å². The largest absolute Gasteiger partial charge is 0.497 e. The molecular weight excluding hydrogens is 518 g/mol. The van der Waals surface area contributed by atoms with E-state index in [-0.39, 0.29) is 23.6 Å². The first-order valence-corrected chi connectivity index (χ1v) is 14.2. The van der Waals surface area contributed by atoms with Gasteiger partial charge in [-0.05, 0) is 80.3 Å². The van der Waals surface area contributed by atoms with Crippen molar-refractivity contribution in [3.05, 3.63) is 64.4 Å². The zero-order valence-electron chi connectivity index (χ0n) is 20.7. The van der Waals surface area contributed by atoms with Crippen molar-refractivity contribution in [2.75, 3.05) is 30.2 Å². The summed E-state index contributed by atoms with van der Waals surface area (Å²) in [7, 11) is 1.59. The number of rotatable bonds is 12. The van der Waals surface area contributed by atoms with Gasteiger partial charge in [0.05, 0.1) is 18.9 Å². The highest BCUT2D eigenvalue weighted by Crippen LogP contribution is 2.25. The highest BCUT2D eigenvalue weighted by Gasteiger charge is 2.23. The number of hydrogen-bond donors (Lipinski definition) is 2. The van der Waals surface area contributed by atoms with Crippen LogP contribution in [0.4, 0.5) is 5.69 Å². The summed E-state index contributed by atoms with van der Waals surface area (Å²) in [6.07, 6.45) is 2.72. The molecule has 2 N–H and O–H groups in total. The Morgan fingerprint density at radius 3 is 2.56 bits per heavy atom. The molecule has 3 rings (SSSR count). The number of anilines is 1. The van der Waals surface area contributed by atoms with Gasteiger partial charge in [0.1, 0.15) is 5.75 Å². The fraction of sp³-hybridized carbons (Fsp3) is 0.360. The van der Waals surface area contributed by atoms with Crippen LogP contribution in [-0.2, 0) is 11.3 Å². The van der Waals surface area contributed by atoms with Crippen molar-refractivity contribution < 1.29 is 14.3 Å². The van der Waals surface area contributed by atoms with Gasteiger partial charge in [0.15, 0.2) is 11.0 Å². The number of nitrogens with one attached hydrogen (secondary N) is 2. The molecule has 11 heteroatoms. The molecular formula is C25H30ClN5O3S2. The van der Waals surface area contributed by atoms with Crippen molar-refractivity contribution >= 4 is 52.6 Å². The van der Waals surface area contributed by atoms with Gasteiger partial charge in [0.25, 0.3) is 5.91 Å². The molecule has 0 spiro atoms. The molecule has 8 nitrogen and oxygen atoms in total. The maximum absolute atomic E-state index is 13.0. The molecule has 0 fully saturated rings. The Balaban J connectivity index is 1.71. The fourth-order valence-electron chi connectivity index (χ4n) is 3.53. The summed E-state index contributed by atoms with van der Waals surface area (Å²) in [5.41, 5.74) is 2.15. The molecule has 2 amide bonds. The predicted octanol–water partition coefficient (Wildman–Crippen LogP) is 5.22. The number of hydrogen-bond acceptors (Lipinski definition) is 7. The van der Waals surface area contributed by atoms with E-state index in [1.165, 1.54) is 11.8 Å². The predicted molar refractivity (Wildman–Crippen MR) is 147 cm³/mol. The van der Waals surface area contributed by atoms with E-state index in [9.17, 15) is 9.59 Å². The lowest BCUT2D eigenvalue weighted by molar-refractivity contribution is -0.113. The Labute approximate surface area is 224 Å². The van der Waals surface area contributed by atoms with Crippen LogP contribution in [0.2, 0.25) is 5.02 Å². The van der Waals surface area contributed by atoms with Gasteiger partial charge in [-0.15, -0.1) is 10.2 Å². The number of methoxy groups -OCH3 is 1. The number of aryl methyl sites for hydroxylation is 1. The highest BCUT2D eigenvalue weighted by molar-refractivity contribution is 7.99. The number of carbonyl (C=O) groups excluding carboxylic acids is 2. The summed E-state index contributed by atoms with van der Waals surface area (Å²) in [6.45, 7) is 4.49. The second-order valence-electron chi connectivity index (χ2n) is 7.92. The van der Waals surface area contributed by atoms with Crippen molar-refractivity contribution in [2.24, 2.45) is 0 Å². The number of thioether (sulfide) groups is 2. The molecule has 2 aromatic carbocycles. The minimum Gasteiger partial charge on any atom is -0.497 e. The molecule has 0 saturated carbocycles. The van der Waals surface area contributed by atoms with Gasteiger partial charge in [0.2, 0.25) is 5.91 Å². The summed E-state index contributed by atoms with van der Waals surface area (Å²) >= 11 is 9.01. The van der Waals surface area contributed by atoms with Gasteiger partial charge in [-0.1, -0.05) is 23.4 Å². The summed E-state index contributed by atoms with van der Waals surface area (Å²) in [5.74, 6) is 2.03. The Bertz CT molecular complexity index is 1190. The van der Waals surface area contributed by atoms with Crippen LogP contribution in [0.3, 0.4) is 0 Å². The normalized spacial score (nSPS) is 11.7. The second kappa shape index (κ2) is 13.6. The molecule has 0 unspecified atom stereocenters. The minimum atomic E-state index is -0.320. The average Bonchev–Trinajstić information content (AvgIpc) is 3.29. The summed E-state index contributed by atoms with van der Waals surface area (Å²) in [4.78, 5) is 25.5. The number of nitrogens with zero attached hydrogens (tertiary/aromatic N) is 3. The molecule has 1 aromatic heterocycles. The van der Waals surface area contributed by atoms with E-state index in [0.29, 0.717) is 40.3 Å². The lowest BCUT2D eigenvalue weighted by Crippen LogP contribution is -2.31. The first-order valence-electron chi connectivity index (χ1n) is 11.4. The summed E-state index contributed by atoms with van der Waals surface area (Å²) in [6, 6.07) is 12.0. The number of carbonyl (C=O) groups is 2. The van der Waals surface area contributed by atoms with E-state index in [0.717, 1.165) is 17.0 Å². The standard InChI is InChI=1S/C25H30ClN5O3S2/c1-5-31-23(21(12-13-35-4)28-24(33)17-6-9-19(34-3)10-7-17)29-30-25(31)36-15-22(32)27-20-11-8-18(26)14-16(20)2/h6-11,14,21H,5,12-13,15H2,1-4H3,(H,27,32)(H,28,33)/t21-/m1/s1. The quantitative estimate of drug-likeness (QED) is 0.300. The van der Waals surface area contributed by atoms with Crippen LogP contribution in [0.1, 0.15) is 41.1 Å². The van der Waals surface area contributed by atoms with Crippen molar-refractivity contribution in [2.45, 2.75) is 38.0 Å². The van der Waals surface area contributed by atoms with Crippen LogP contribution in [0.25, 0.3) is 0 Å². The zero-order chi connectivity index (χ0) is 26.1. The molecule has 3 aromatic rings. The molecule has 36 heavy (non-hydrogen) atoms. The van der Waals surface area contributed by atoms with Crippen LogP contribution in [0.15, 0.2) is 47.6 Å². The van der Waals surface area contributed by atoms with Gasteiger partial charge >= 0.3 is 0 Å². The Kier molecular flexibility index (Phi) is 10.5. The fourth-order valence-corrected chi connectivity index (χ4v) is 5.04. The van der Waals surface area contributed by atoms with Gasteiger partial charge in [-0.3, -0.25) is 9.59 Å². The van der Waals surface area contributed by atoms with Crippen LogP contribution >= 0.6 is 35.1 Å². The molecule has 0 radical (unpaired) electrons. The van der Waals surface area contributed by atoms with Crippen molar-refractivity contribution in [3.8, 4) is 5.75 Å². The highest BCUT2D eigenvalue weighted by atomic mass is 35.5. The van der Waals surface area contributed by atoms with E-state index in [1.54, 1.807) is 61.3 Å². The molecule has 0 aliphatic carbocycles. The molecule has 1 atom stereocenters. The van der Waals surface area contributed by atoms with Crippen molar-refractivity contribution in [1.29, 1.82) is 0 Å². The second-order valence-corrected chi connectivity index (χ2v) is 10.3. The van der Waals surface area contributed by atoms with Crippen molar-refractivity contribution in [3.63, 3.8) is 0 Å². The third-order valence-electron chi connectivity index (χ3n) is 5.44. The topological polar surface area (TPSA) is 98.1 Å². The molecule has 0 saturated heterocycles. The zero-order valence-corrected chi connectivity index (χ0v) is 23.1. The first-order chi connectivity index (χ1) is 17.4. The Morgan fingerprint density at radius 2 is 1.92 bits per heavy atom. The van der Waals surface area contributed by atoms with E-state index in [4.69, 9.17) is 16.3 Å². The maximum Gasteiger partial charge on any atom is 0.251 e. The van der Waals surface area contributed by atoms with E-state index in [1.807, 2.05) is 24.7 Å². The van der Waals surface area contributed by atoms with Gasteiger partial charge in [-0.25, -0.2) is 0 Å². The van der Waals surface area contributed by atoms with Crippen molar-refractivity contribution in [1.82, 2.24) is 20.1 Å². The SMILES string of the molecule is CCn1c(SCC(=O)Nc2ccc(Cl)cc2C)nnc1[C@@H](CCSC)NC(=O)c1ccc(OC)cc1. The molecule has 0 bridgehead atoms. The number of aromatic nitrogens is 3. The molecule has 1 heterocycles. The molecule has 0 aliphatic heterocycles. The molecule has 0 aliphatic rings. The van der Waals surface area contributed by atoms with Gasteiger partial charge in [0, 0.05) is 22.8 Å². The lowest BCUT2D eigenvalue weighted by atomic mass is 10.1. The third kappa shape index (κ3) is 7.41. The van der Waals surface area contributed by atoms with Crippen LogP contribution in [-0.4, -0.2) is 51.5 Å². The summed E-state index contributed by atoms with van der Waals surface area (Å²) in [5, 5.41) is 16.0. The van der Waals surface area contributed by atoms with E-state index >= 15 is 0 Å². The van der Waals surface area contributed by atoms with Crippen LogP contribution in [0.5, 0.6) is 5.75 Å². The van der Waals surface area contributed by atoms with Gasteiger partial charge in [-0.2, -0.15) is 11.8 Å². The van der Waals surface area contributed by atoms with Crippen LogP contribution in [0, 0.1) is 6.92 Å². The average molecular weight is 548 g/mol. The maximum atomic E-state index is 13.0. The first kappa shape index (κ1) is 27.9. The monoisotopic (exact) mass is 547 g/mol. The Morgan fingerprint density at radius 1 is 1.17 bits per heavy atom. The Hall–Kier alpha value is -2.69. The number of amides is 2. The summed E-state index contributed by atoms with van der Waals surface area (Å²) < 4.78 is 7.13. The number of benzene rings is 2. The lowest BCUT2D eigenvalue weighted by Gasteiger charge is -2.19.